The Hall–Kier alpha value is -2.79. The minimum Gasteiger partial charge on any atom is -0.490 e. The molecule has 126 valence electrons. The lowest BCUT2D eigenvalue weighted by Gasteiger charge is -2.09. The lowest BCUT2D eigenvalue weighted by atomic mass is 10.3. The van der Waals surface area contributed by atoms with Gasteiger partial charge in [0.1, 0.15) is 24.7 Å². The summed E-state index contributed by atoms with van der Waals surface area (Å²) in [7, 11) is 0. The molecule has 24 heavy (non-hydrogen) atoms. The van der Waals surface area contributed by atoms with E-state index in [9.17, 15) is 4.79 Å². The predicted molar refractivity (Wildman–Crippen MR) is 95.6 cm³/mol. The van der Waals surface area contributed by atoms with Crippen molar-refractivity contribution in [1.29, 1.82) is 0 Å². The van der Waals surface area contributed by atoms with Crippen molar-refractivity contribution in [1.82, 2.24) is 5.32 Å². The second kappa shape index (κ2) is 10.1. The van der Waals surface area contributed by atoms with E-state index in [2.05, 4.69) is 17.2 Å². The number of amides is 1. The molecule has 0 bridgehead atoms. The first kappa shape index (κ1) is 17.6. The molecular weight excluding hydrogens is 304 g/mol. The molecule has 0 heterocycles. The number of carbonyl (C=O) groups is 1. The third-order valence-electron chi connectivity index (χ3n) is 3.08. The molecule has 0 aromatic heterocycles. The highest BCUT2D eigenvalue weighted by Crippen LogP contribution is 2.15. The van der Waals surface area contributed by atoms with Crippen LogP contribution < -0.4 is 20.1 Å². The van der Waals surface area contributed by atoms with Gasteiger partial charge in [0, 0.05) is 12.2 Å². The Morgan fingerprint density at radius 2 is 1.58 bits per heavy atom. The summed E-state index contributed by atoms with van der Waals surface area (Å²) in [5, 5.41) is 5.75. The zero-order chi connectivity index (χ0) is 17.0. The van der Waals surface area contributed by atoms with E-state index in [1.807, 2.05) is 42.5 Å². The zero-order valence-electron chi connectivity index (χ0n) is 13.5. The van der Waals surface area contributed by atoms with Crippen LogP contribution in [0.25, 0.3) is 0 Å². The third kappa shape index (κ3) is 6.54. The number of hydrogen-bond donors (Lipinski definition) is 2. The van der Waals surface area contributed by atoms with Crippen LogP contribution in [0.4, 0.5) is 5.69 Å². The fraction of sp³-hybridized carbons (Fsp3) is 0.211. The fourth-order valence-electron chi connectivity index (χ4n) is 1.96. The Morgan fingerprint density at radius 3 is 2.21 bits per heavy atom. The molecule has 5 nitrogen and oxygen atoms in total. The molecule has 0 unspecified atom stereocenters. The Morgan fingerprint density at radius 1 is 0.958 bits per heavy atom. The van der Waals surface area contributed by atoms with Crippen molar-refractivity contribution in [2.75, 3.05) is 31.6 Å². The Balaban J connectivity index is 1.68. The average Bonchev–Trinajstić information content (AvgIpc) is 2.61. The monoisotopic (exact) mass is 326 g/mol. The van der Waals surface area contributed by atoms with Gasteiger partial charge in [0.2, 0.25) is 5.91 Å². The van der Waals surface area contributed by atoms with E-state index in [1.54, 1.807) is 18.2 Å². The van der Waals surface area contributed by atoms with Gasteiger partial charge in [-0.3, -0.25) is 4.79 Å². The standard InChI is InChI=1S/C19H22N2O3/c1-2-12-20-15-19(22)21-16-8-10-18(11-9-16)24-14-13-23-17-6-4-3-5-7-17/h2-11,20H,1,12-15H2,(H,21,22). The van der Waals surface area contributed by atoms with E-state index in [0.717, 1.165) is 17.2 Å². The van der Waals surface area contributed by atoms with Gasteiger partial charge < -0.3 is 20.1 Å². The van der Waals surface area contributed by atoms with Gasteiger partial charge >= 0.3 is 0 Å². The smallest absolute Gasteiger partial charge is 0.238 e. The molecule has 2 rings (SSSR count). The largest absolute Gasteiger partial charge is 0.490 e. The SMILES string of the molecule is C=CCNCC(=O)Nc1ccc(OCCOc2ccccc2)cc1. The predicted octanol–water partition coefficient (Wildman–Crippen LogP) is 2.86. The second-order valence-electron chi connectivity index (χ2n) is 5.00. The molecule has 0 atom stereocenters. The maximum absolute atomic E-state index is 11.7. The maximum atomic E-state index is 11.7. The van der Waals surface area contributed by atoms with Crippen molar-refractivity contribution >= 4 is 11.6 Å². The summed E-state index contributed by atoms with van der Waals surface area (Å²) in [5.41, 5.74) is 0.730. The van der Waals surface area contributed by atoms with Gasteiger partial charge in [0.25, 0.3) is 0 Å². The van der Waals surface area contributed by atoms with E-state index >= 15 is 0 Å². The van der Waals surface area contributed by atoms with Crippen LogP contribution in [0.5, 0.6) is 11.5 Å². The maximum Gasteiger partial charge on any atom is 0.238 e. The molecule has 0 aliphatic heterocycles. The van der Waals surface area contributed by atoms with Gasteiger partial charge in [-0.2, -0.15) is 0 Å². The summed E-state index contributed by atoms with van der Waals surface area (Å²) >= 11 is 0. The molecule has 1 amide bonds. The summed E-state index contributed by atoms with van der Waals surface area (Å²) in [6.45, 7) is 5.36. The van der Waals surface area contributed by atoms with E-state index in [0.29, 0.717) is 19.8 Å². The summed E-state index contributed by atoms with van der Waals surface area (Å²) < 4.78 is 11.2. The van der Waals surface area contributed by atoms with Crippen LogP contribution in [0.2, 0.25) is 0 Å². The van der Waals surface area contributed by atoms with Crippen molar-refractivity contribution < 1.29 is 14.3 Å². The number of nitrogens with one attached hydrogen (secondary N) is 2. The summed E-state index contributed by atoms with van der Waals surface area (Å²) in [4.78, 5) is 11.7. The van der Waals surface area contributed by atoms with Crippen molar-refractivity contribution in [2.24, 2.45) is 0 Å². The van der Waals surface area contributed by atoms with Crippen molar-refractivity contribution in [3.63, 3.8) is 0 Å². The number of carbonyl (C=O) groups excluding carboxylic acids is 1. The van der Waals surface area contributed by atoms with Crippen molar-refractivity contribution in [3.05, 3.63) is 67.3 Å². The van der Waals surface area contributed by atoms with E-state index in [-0.39, 0.29) is 12.5 Å². The van der Waals surface area contributed by atoms with Crippen molar-refractivity contribution in [3.8, 4) is 11.5 Å². The lowest BCUT2D eigenvalue weighted by Crippen LogP contribution is -2.28. The van der Waals surface area contributed by atoms with Gasteiger partial charge in [-0.1, -0.05) is 24.3 Å². The first-order valence-electron chi connectivity index (χ1n) is 7.80. The normalized spacial score (nSPS) is 10.0. The minimum absolute atomic E-state index is 0.0956. The van der Waals surface area contributed by atoms with Gasteiger partial charge in [-0.25, -0.2) is 0 Å². The number of ether oxygens (including phenoxy) is 2. The Bertz CT molecular complexity index is 627. The molecule has 0 saturated heterocycles. The summed E-state index contributed by atoms with van der Waals surface area (Å²) in [6, 6.07) is 16.8. The molecule has 2 aromatic rings. The number of anilines is 1. The Kier molecular flexibility index (Phi) is 7.37. The molecule has 5 heteroatoms. The second-order valence-corrected chi connectivity index (χ2v) is 5.00. The topological polar surface area (TPSA) is 59.6 Å². The van der Waals surface area contributed by atoms with Crippen LogP contribution in [0, 0.1) is 0 Å². The van der Waals surface area contributed by atoms with Gasteiger partial charge in [-0.05, 0) is 36.4 Å². The number of hydrogen-bond acceptors (Lipinski definition) is 4. The molecule has 0 fully saturated rings. The number of para-hydroxylation sites is 1. The van der Waals surface area contributed by atoms with E-state index in [1.165, 1.54) is 0 Å². The van der Waals surface area contributed by atoms with Gasteiger partial charge in [0.05, 0.1) is 6.54 Å². The number of benzene rings is 2. The first-order valence-corrected chi connectivity index (χ1v) is 7.80. The summed E-state index contributed by atoms with van der Waals surface area (Å²) in [6.07, 6.45) is 1.71. The lowest BCUT2D eigenvalue weighted by molar-refractivity contribution is -0.115. The molecule has 0 radical (unpaired) electrons. The van der Waals surface area contributed by atoms with Crippen LogP contribution in [0.15, 0.2) is 67.3 Å². The highest BCUT2D eigenvalue weighted by atomic mass is 16.5. The quantitative estimate of drug-likeness (QED) is 0.521. The Labute approximate surface area is 142 Å². The minimum atomic E-state index is -0.0956. The highest BCUT2D eigenvalue weighted by Gasteiger charge is 2.02. The highest BCUT2D eigenvalue weighted by molar-refractivity contribution is 5.92. The molecular formula is C19H22N2O3. The van der Waals surface area contributed by atoms with Crippen LogP contribution in [-0.2, 0) is 4.79 Å². The first-order chi connectivity index (χ1) is 11.8. The van der Waals surface area contributed by atoms with Crippen LogP contribution in [0.1, 0.15) is 0 Å². The van der Waals surface area contributed by atoms with Crippen LogP contribution >= 0.6 is 0 Å². The van der Waals surface area contributed by atoms with E-state index in [4.69, 9.17) is 9.47 Å². The molecule has 0 saturated carbocycles. The van der Waals surface area contributed by atoms with Crippen LogP contribution in [-0.4, -0.2) is 32.2 Å². The zero-order valence-corrected chi connectivity index (χ0v) is 13.5. The molecule has 2 aromatic carbocycles. The van der Waals surface area contributed by atoms with Gasteiger partial charge in [-0.15, -0.1) is 6.58 Å². The number of rotatable bonds is 10. The summed E-state index contributed by atoms with van der Waals surface area (Å²) in [5.74, 6) is 1.46. The molecule has 0 aliphatic carbocycles. The van der Waals surface area contributed by atoms with E-state index < -0.39 is 0 Å². The molecule has 0 aliphatic rings. The van der Waals surface area contributed by atoms with Crippen LogP contribution in [0.3, 0.4) is 0 Å². The van der Waals surface area contributed by atoms with Crippen molar-refractivity contribution in [2.45, 2.75) is 0 Å². The third-order valence-corrected chi connectivity index (χ3v) is 3.08. The molecule has 2 N–H and O–H groups in total. The fourth-order valence-corrected chi connectivity index (χ4v) is 1.96. The average molecular weight is 326 g/mol. The molecule has 0 spiro atoms. The van der Waals surface area contributed by atoms with Gasteiger partial charge in [0.15, 0.2) is 0 Å².